The number of carboxylic acids is 3. The zero-order valence-corrected chi connectivity index (χ0v) is 16.6. The molecule has 0 saturated carbocycles. The molecule has 4 amide bonds. The molecule has 4 unspecified atom stereocenters. The minimum absolute atomic E-state index is 0.466. The Balaban J connectivity index is 5.33. The second kappa shape index (κ2) is 13.5. The maximum Gasteiger partial charge on any atom is 0.326 e. The second-order valence-electron chi connectivity index (χ2n) is 6.51. The average molecular weight is 463 g/mol. The third-order valence-corrected chi connectivity index (χ3v) is 3.85. The maximum atomic E-state index is 12.5. The van der Waals surface area contributed by atoms with Crippen LogP contribution in [0.3, 0.4) is 0 Å². The molecule has 0 bridgehead atoms. The molecular formula is C16H25N5O11. The van der Waals surface area contributed by atoms with Crippen LogP contribution in [0.2, 0.25) is 0 Å². The summed E-state index contributed by atoms with van der Waals surface area (Å²) in [6.45, 7) is -1.04. The van der Waals surface area contributed by atoms with E-state index in [-0.39, 0.29) is 0 Å². The third kappa shape index (κ3) is 10.8. The zero-order chi connectivity index (χ0) is 25.0. The number of amides is 4. The van der Waals surface area contributed by atoms with Crippen LogP contribution in [0.4, 0.5) is 0 Å². The number of nitrogens with two attached hydrogens (primary N) is 2. The molecule has 4 atom stereocenters. The largest absolute Gasteiger partial charge is 0.481 e. The fraction of sp³-hybridized carbons (Fsp3) is 0.562. The fourth-order valence-electron chi connectivity index (χ4n) is 2.24. The number of aliphatic hydroxyl groups is 1. The topological polar surface area (TPSA) is 289 Å². The highest BCUT2D eigenvalue weighted by Gasteiger charge is 2.31. The van der Waals surface area contributed by atoms with Crippen LogP contribution in [0.25, 0.3) is 0 Å². The van der Waals surface area contributed by atoms with Gasteiger partial charge in [0.2, 0.25) is 23.6 Å². The van der Waals surface area contributed by atoms with Gasteiger partial charge in [0.25, 0.3) is 0 Å². The number of hydrogen-bond donors (Lipinski definition) is 9. The van der Waals surface area contributed by atoms with E-state index in [0.717, 1.165) is 0 Å². The summed E-state index contributed by atoms with van der Waals surface area (Å²) in [4.78, 5) is 80.1. The first-order valence-corrected chi connectivity index (χ1v) is 9.00. The van der Waals surface area contributed by atoms with Gasteiger partial charge in [-0.05, 0) is 6.42 Å². The molecule has 0 spiro atoms. The summed E-state index contributed by atoms with van der Waals surface area (Å²) < 4.78 is 0. The van der Waals surface area contributed by atoms with Gasteiger partial charge in [-0.3, -0.25) is 28.8 Å². The third-order valence-electron chi connectivity index (χ3n) is 3.85. The van der Waals surface area contributed by atoms with Gasteiger partial charge in [0.15, 0.2) is 0 Å². The summed E-state index contributed by atoms with van der Waals surface area (Å²) >= 11 is 0. The van der Waals surface area contributed by atoms with Crippen molar-refractivity contribution < 1.29 is 54.0 Å². The fourth-order valence-corrected chi connectivity index (χ4v) is 2.24. The molecule has 0 radical (unpaired) electrons. The Hall–Kier alpha value is -3.79. The Morgan fingerprint density at radius 2 is 1.22 bits per heavy atom. The van der Waals surface area contributed by atoms with E-state index in [9.17, 15) is 38.7 Å². The number of aliphatic carboxylic acids is 3. The van der Waals surface area contributed by atoms with Gasteiger partial charge in [0.1, 0.15) is 18.1 Å². The number of carbonyl (C=O) groups is 7. The molecule has 16 nitrogen and oxygen atoms in total. The van der Waals surface area contributed by atoms with Crippen LogP contribution in [0.1, 0.15) is 25.7 Å². The van der Waals surface area contributed by atoms with Gasteiger partial charge in [-0.1, -0.05) is 0 Å². The molecule has 16 heteroatoms. The Kier molecular flexibility index (Phi) is 11.9. The van der Waals surface area contributed by atoms with Crippen molar-refractivity contribution in [3.8, 4) is 0 Å². The first kappa shape index (κ1) is 28.2. The first-order chi connectivity index (χ1) is 14.8. The molecule has 180 valence electrons. The Bertz CT molecular complexity index is 757. The van der Waals surface area contributed by atoms with Crippen molar-refractivity contribution in [3.63, 3.8) is 0 Å². The highest BCUT2D eigenvalue weighted by Crippen LogP contribution is 2.02. The lowest BCUT2D eigenvalue weighted by molar-refractivity contribution is -0.147. The van der Waals surface area contributed by atoms with E-state index in [1.807, 2.05) is 10.6 Å². The molecule has 32 heavy (non-hydrogen) atoms. The number of carbonyl (C=O) groups excluding carboxylic acids is 4. The Morgan fingerprint density at radius 3 is 1.66 bits per heavy atom. The van der Waals surface area contributed by atoms with Crippen molar-refractivity contribution in [1.29, 1.82) is 0 Å². The standard InChI is InChI=1S/C16H25N5O11/c17-6(3-10(18)23)13(28)19-7(1-2-11(24)25)14(29)21-9(5-22)15(30)20-8(16(31)32)4-12(26)27/h6-9,22H,1-5,17H2,(H2,18,23)(H,19,28)(H,20,30)(H,21,29)(H,24,25)(H,26,27)(H,31,32). The quantitative estimate of drug-likeness (QED) is 0.110. The highest BCUT2D eigenvalue weighted by atomic mass is 16.4. The molecule has 0 rings (SSSR count). The van der Waals surface area contributed by atoms with E-state index < -0.39 is 98.0 Å². The SMILES string of the molecule is NC(=O)CC(N)C(=O)NC(CCC(=O)O)C(=O)NC(CO)C(=O)NC(CC(=O)O)C(=O)O. The van der Waals surface area contributed by atoms with Crippen LogP contribution in [0.5, 0.6) is 0 Å². The minimum Gasteiger partial charge on any atom is -0.481 e. The van der Waals surface area contributed by atoms with Gasteiger partial charge < -0.3 is 47.8 Å². The summed E-state index contributed by atoms with van der Waals surface area (Å²) in [7, 11) is 0. The van der Waals surface area contributed by atoms with Gasteiger partial charge in [0.05, 0.1) is 25.5 Å². The van der Waals surface area contributed by atoms with Crippen LogP contribution in [0, 0.1) is 0 Å². The van der Waals surface area contributed by atoms with Crippen LogP contribution >= 0.6 is 0 Å². The number of carboxylic acid groups (broad SMARTS) is 3. The molecular weight excluding hydrogens is 438 g/mol. The average Bonchev–Trinajstić information content (AvgIpc) is 2.66. The lowest BCUT2D eigenvalue weighted by atomic mass is 10.1. The minimum atomic E-state index is -1.86. The van der Waals surface area contributed by atoms with Crippen molar-refractivity contribution in [1.82, 2.24) is 16.0 Å². The molecule has 11 N–H and O–H groups in total. The predicted molar refractivity (Wildman–Crippen MR) is 101 cm³/mol. The van der Waals surface area contributed by atoms with E-state index in [1.165, 1.54) is 0 Å². The van der Waals surface area contributed by atoms with Crippen LogP contribution in [0.15, 0.2) is 0 Å². The van der Waals surface area contributed by atoms with Crippen LogP contribution in [-0.2, 0) is 33.6 Å². The normalized spacial score (nSPS) is 14.2. The van der Waals surface area contributed by atoms with Gasteiger partial charge in [0, 0.05) is 6.42 Å². The van der Waals surface area contributed by atoms with Crippen molar-refractivity contribution in [2.75, 3.05) is 6.61 Å². The zero-order valence-electron chi connectivity index (χ0n) is 16.6. The van der Waals surface area contributed by atoms with E-state index >= 15 is 0 Å². The highest BCUT2D eigenvalue weighted by molar-refractivity contribution is 5.95. The molecule has 0 aromatic heterocycles. The summed E-state index contributed by atoms with van der Waals surface area (Å²) in [5.74, 6) is -8.86. The summed E-state index contributed by atoms with van der Waals surface area (Å²) in [6, 6.07) is -6.63. The first-order valence-electron chi connectivity index (χ1n) is 9.00. The number of primary amides is 1. The Morgan fingerprint density at radius 1 is 0.719 bits per heavy atom. The van der Waals surface area contributed by atoms with Gasteiger partial charge in [-0.2, -0.15) is 0 Å². The maximum absolute atomic E-state index is 12.5. The smallest absolute Gasteiger partial charge is 0.326 e. The van der Waals surface area contributed by atoms with Gasteiger partial charge in [-0.25, -0.2) is 4.79 Å². The van der Waals surface area contributed by atoms with Crippen molar-refractivity contribution in [2.24, 2.45) is 11.5 Å². The van der Waals surface area contributed by atoms with Crippen molar-refractivity contribution in [2.45, 2.75) is 49.9 Å². The monoisotopic (exact) mass is 463 g/mol. The molecule has 0 aliphatic heterocycles. The molecule has 0 aliphatic rings. The summed E-state index contributed by atoms with van der Waals surface area (Å²) in [5.41, 5.74) is 10.4. The van der Waals surface area contributed by atoms with E-state index in [0.29, 0.717) is 0 Å². The predicted octanol–water partition coefficient (Wildman–Crippen LogP) is -4.94. The van der Waals surface area contributed by atoms with E-state index in [4.69, 9.17) is 26.8 Å². The second-order valence-corrected chi connectivity index (χ2v) is 6.51. The van der Waals surface area contributed by atoms with E-state index in [2.05, 4.69) is 5.32 Å². The molecule has 0 aliphatic carbocycles. The molecule has 0 heterocycles. The lowest BCUT2D eigenvalue weighted by Gasteiger charge is -2.23. The number of hydrogen-bond acceptors (Lipinski definition) is 9. The lowest BCUT2D eigenvalue weighted by Crippen LogP contribution is -2.58. The summed E-state index contributed by atoms with van der Waals surface area (Å²) in [6.07, 6.45) is -2.62. The number of rotatable bonds is 15. The van der Waals surface area contributed by atoms with Gasteiger partial charge >= 0.3 is 17.9 Å². The molecule has 0 aromatic carbocycles. The van der Waals surface area contributed by atoms with Gasteiger partial charge in [-0.15, -0.1) is 0 Å². The van der Waals surface area contributed by atoms with E-state index in [1.54, 1.807) is 0 Å². The number of aliphatic hydroxyl groups excluding tert-OH is 1. The molecule has 0 fully saturated rings. The molecule has 0 saturated heterocycles. The van der Waals surface area contributed by atoms with Crippen molar-refractivity contribution >= 4 is 41.5 Å². The van der Waals surface area contributed by atoms with Crippen LogP contribution in [-0.4, -0.2) is 92.7 Å². The summed E-state index contributed by atoms with van der Waals surface area (Å²) in [5, 5.41) is 41.7. The Labute approximate surface area is 180 Å². The van der Waals surface area contributed by atoms with Crippen LogP contribution < -0.4 is 27.4 Å². The number of nitrogens with one attached hydrogen (secondary N) is 3. The van der Waals surface area contributed by atoms with Crippen molar-refractivity contribution in [3.05, 3.63) is 0 Å². The molecule has 0 aromatic rings.